The lowest BCUT2D eigenvalue weighted by Crippen LogP contribution is -2.52. The van der Waals surface area contributed by atoms with Gasteiger partial charge < -0.3 is 4.42 Å². The highest BCUT2D eigenvalue weighted by atomic mass is 32.2. The van der Waals surface area contributed by atoms with E-state index in [4.69, 9.17) is 4.42 Å². The number of nitrogens with zero attached hydrogens (tertiary/aromatic N) is 1. The van der Waals surface area contributed by atoms with E-state index in [0.717, 1.165) is 13.1 Å². The Balaban J connectivity index is 2.66. The molecule has 0 fully saturated rings. The van der Waals surface area contributed by atoms with Gasteiger partial charge in [-0.3, -0.25) is 25.3 Å². The van der Waals surface area contributed by atoms with Crippen molar-refractivity contribution in [3.8, 4) is 0 Å². The molecule has 0 spiro atoms. The van der Waals surface area contributed by atoms with Gasteiger partial charge in [-0.1, -0.05) is 13.8 Å². The molecule has 0 aliphatic carbocycles. The fourth-order valence-corrected chi connectivity index (χ4v) is 3.60. The molecule has 9 nitrogen and oxygen atoms in total. The van der Waals surface area contributed by atoms with Crippen LogP contribution in [-0.2, 0) is 21.4 Å². The third-order valence-corrected chi connectivity index (χ3v) is 6.14. The predicted molar refractivity (Wildman–Crippen MR) is 110 cm³/mol. The monoisotopic (exact) mass is 434 g/mol. The quantitative estimate of drug-likeness (QED) is 0.419. The van der Waals surface area contributed by atoms with E-state index < -0.39 is 27.9 Å². The lowest BCUT2D eigenvalue weighted by Gasteiger charge is -2.17. The molecule has 160 valence electrons. The minimum atomic E-state index is -3.55. The minimum absolute atomic E-state index is 0.0669. The molecule has 3 N–H and O–H groups in total. The third-order valence-electron chi connectivity index (χ3n) is 4.09. The number of furan rings is 1. The minimum Gasteiger partial charge on any atom is -0.454 e. The lowest BCUT2D eigenvalue weighted by atomic mass is 10.2. The van der Waals surface area contributed by atoms with Crippen molar-refractivity contribution in [2.45, 2.75) is 39.8 Å². The fourth-order valence-electron chi connectivity index (χ4n) is 2.30. The number of hydrazine groups is 1. The van der Waals surface area contributed by atoms with E-state index in [0.29, 0.717) is 24.5 Å². The molecule has 1 heterocycles. The molecule has 1 rings (SSSR count). The fraction of sp³-hybridized carbons (Fsp3) is 0.647. The second-order valence-electron chi connectivity index (χ2n) is 6.03. The molecule has 0 bridgehead atoms. The SMILES string of the molecule is CCN(CC)Cc1ccc(C(=O)NNC(=O)C(CCSC)NS(=O)(=O)CC)o1. The van der Waals surface area contributed by atoms with Crippen LogP contribution in [0.2, 0.25) is 0 Å². The lowest BCUT2D eigenvalue weighted by molar-refractivity contribution is -0.123. The molecule has 0 aliphatic heterocycles. The van der Waals surface area contributed by atoms with Gasteiger partial charge in [0, 0.05) is 0 Å². The number of nitrogens with one attached hydrogen (secondary N) is 3. The van der Waals surface area contributed by atoms with Gasteiger partial charge in [0.15, 0.2) is 5.76 Å². The van der Waals surface area contributed by atoms with Crippen molar-refractivity contribution in [3.05, 3.63) is 23.7 Å². The summed E-state index contributed by atoms with van der Waals surface area (Å²) in [4.78, 5) is 26.6. The third kappa shape index (κ3) is 8.21. The molecule has 1 atom stereocenters. The van der Waals surface area contributed by atoms with Gasteiger partial charge in [0.2, 0.25) is 10.0 Å². The molecule has 0 aliphatic rings. The molecule has 1 unspecified atom stereocenters. The van der Waals surface area contributed by atoms with Crippen LogP contribution in [0.5, 0.6) is 0 Å². The number of thioether (sulfide) groups is 1. The van der Waals surface area contributed by atoms with Crippen molar-refractivity contribution in [1.82, 2.24) is 20.5 Å². The molecule has 1 aromatic heterocycles. The highest BCUT2D eigenvalue weighted by Crippen LogP contribution is 2.10. The molecular weight excluding hydrogens is 404 g/mol. The Morgan fingerprint density at radius 3 is 2.43 bits per heavy atom. The van der Waals surface area contributed by atoms with E-state index in [9.17, 15) is 18.0 Å². The molecule has 1 aromatic rings. The van der Waals surface area contributed by atoms with Crippen LogP contribution in [0, 0.1) is 0 Å². The Labute approximate surface area is 171 Å². The zero-order chi connectivity index (χ0) is 21.2. The zero-order valence-corrected chi connectivity index (χ0v) is 18.4. The summed E-state index contributed by atoms with van der Waals surface area (Å²) in [7, 11) is -3.55. The Morgan fingerprint density at radius 2 is 1.86 bits per heavy atom. The normalized spacial score (nSPS) is 12.8. The highest BCUT2D eigenvalue weighted by Gasteiger charge is 2.24. The second kappa shape index (κ2) is 12.1. The number of carbonyl (C=O) groups is 2. The van der Waals surface area contributed by atoms with Gasteiger partial charge in [-0.2, -0.15) is 11.8 Å². The van der Waals surface area contributed by atoms with E-state index in [1.807, 2.05) is 20.1 Å². The summed E-state index contributed by atoms with van der Waals surface area (Å²) < 4.78 is 31.4. The zero-order valence-electron chi connectivity index (χ0n) is 16.8. The van der Waals surface area contributed by atoms with Gasteiger partial charge in [-0.25, -0.2) is 13.1 Å². The standard InChI is InChI=1S/C17H30N4O5S2/c1-5-21(6-2)12-13-8-9-15(26-13)17(23)19-18-16(22)14(10-11-27-4)20-28(24,25)7-3/h8-9,14,20H,5-7,10-12H2,1-4H3,(H,18,22)(H,19,23). The number of hydrogen-bond acceptors (Lipinski definition) is 7. The smallest absolute Gasteiger partial charge is 0.305 e. The van der Waals surface area contributed by atoms with E-state index >= 15 is 0 Å². The van der Waals surface area contributed by atoms with E-state index in [1.54, 1.807) is 6.07 Å². The number of amides is 2. The Hall–Kier alpha value is -1.56. The molecular formula is C17H30N4O5S2. The van der Waals surface area contributed by atoms with Gasteiger partial charge in [0.25, 0.3) is 5.91 Å². The van der Waals surface area contributed by atoms with Crippen LogP contribution in [0.4, 0.5) is 0 Å². The van der Waals surface area contributed by atoms with Crippen LogP contribution in [0.3, 0.4) is 0 Å². The molecule has 0 saturated carbocycles. The van der Waals surface area contributed by atoms with Crippen molar-refractivity contribution >= 4 is 33.6 Å². The number of carbonyl (C=O) groups excluding carboxylic acids is 2. The van der Waals surface area contributed by atoms with Gasteiger partial charge in [-0.05, 0) is 50.6 Å². The van der Waals surface area contributed by atoms with Crippen LogP contribution in [-0.4, -0.2) is 62.0 Å². The van der Waals surface area contributed by atoms with E-state index in [-0.39, 0.29) is 11.5 Å². The summed E-state index contributed by atoms with van der Waals surface area (Å²) in [5.74, 6) is -0.0728. The Kier molecular flexibility index (Phi) is 10.6. The summed E-state index contributed by atoms with van der Waals surface area (Å²) in [6, 6.07) is 2.28. The summed E-state index contributed by atoms with van der Waals surface area (Å²) in [6.45, 7) is 7.87. The Bertz CT molecular complexity index is 732. The van der Waals surface area contributed by atoms with Crippen molar-refractivity contribution in [3.63, 3.8) is 0 Å². The summed E-state index contributed by atoms with van der Waals surface area (Å²) in [6.07, 6.45) is 2.16. The predicted octanol–water partition coefficient (Wildman–Crippen LogP) is 0.943. The largest absolute Gasteiger partial charge is 0.454 e. The van der Waals surface area contributed by atoms with Gasteiger partial charge in [-0.15, -0.1) is 0 Å². The highest BCUT2D eigenvalue weighted by molar-refractivity contribution is 7.98. The molecule has 0 aromatic carbocycles. The average Bonchev–Trinajstić information content (AvgIpc) is 3.15. The van der Waals surface area contributed by atoms with E-state index in [1.165, 1.54) is 24.8 Å². The first kappa shape index (κ1) is 24.5. The van der Waals surface area contributed by atoms with Crippen molar-refractivity contribution in [1.29, 1.82) is 0 Å². The van der Waals surface area contributed by atoms with Crippen LogP contribution in [0.25, 0.3) is 0 Å². The summed E-state index contributed by atoms with van der Waals surface area (Å²) in [5.41, 5.74) is 4.53. The van der Waals surface area contributed by atoms with Crippen LogP contribution >= 0.6 is 11.8 Å². The first-order valence-corrected chi connectivity index (χ1v) is 12.2. The van der Waals surface area contributed by atoms with Gasteiger partial charge >= 0.3 is 5.91 Å². The molecule has 0 saturated heterocycles. The number of hydrogen-bond donors (Lipinski definition) is 3. The topological polar surface area (TPSA) is 121 Å². The molecule has 11 heteroatoms. The van der Waals surface area contributed by atoms with E-state index in [2.05, 4.69) is 20.5 Å². The molecule has 0 radical (unpaired) electrons. The summed E-state index contributed by atoms with van der Waals surface area (Å²) >= 11 is 1.49. The number of sulfonamides is 1. The van der Waals surface area contributed by atoms with Crippen molar-refractivity contribution < 1.29 is 22.4 Å². The molecule has 28 heavy (non-hydrogen) atoms. The van der Waals surface area contributed by atoms with Crippen molar-refractivity contribution in [2.75, 3.05) is 30.9 Å². The van der Waals surface area contributed by atoms with Crippen LogP contribution < -0.4 is 15.6 Å². The first-order valence-electron chi connectivity index (χ1n) is 9.16. The van der Waals surface area contributed by atoms with Gasteiger partial charge in [0.05, 0.1) is 12.3 Å². The summed E-state index contributed by atoms with van der Waals surface area (Å²) in [5, 5.41) is 0. The maximum Gasteiger partial charge on any atom is 0.305 e. The average molecular weight is 435 g/mol. The van der Waals surface area contributed by atoms with Crippen LogP contribution in [0.15, 0.2) is 16.5 Å². The van der Waals surface area contributed by atoms with Crippen LogP contribution in [0.1, 0.15) is 43.5 Å². The number of rotatable bonds is 12. The van der Waals surface area contributed by atoms with Crippen molar-refractivity contribution in [2.24, 2.45) is 0 Å². The maximum atomic E-state index is 12.3. The second-order valence-corrected chi connectivity index (χ2v) is 9.05. The molecule has 2 amide bonds. The first-order chi connectivity index (χ1) is 13.3. The maximum absolute atomic E-state index is 12.3. The van der Waals surface area contributed by atoms with Gasteiger partial charge in [0.1, 0.15) is 11.8 Å². The Morgan fingerprint density at radius 1 is 1.18 bits per heavy atom.